The zero-order valence-corrected chi connectivity index (χ0v) is 10.8. The first-order valence-electron chi connectivity index (χ1n) is 6.19. The molecule has 0 unspecified atom stereocenters. The van der Waals surface area contributed by atoms with Crippen LogP contribution < -0.4 is 10.5 Å². The maximum atomic E-state index is 11.3. The van der Waals surface area contributed by atoms with Gasteiger partial charge in [0.1, 0.15) is 0 Å². The summed E-state index contributed by atoms with van der Waals surface area (Å²) in [7, 11) is 0. The van der Waals surface area contributed by atoms with Crippen LogP contribution in [0.2, 0.25) is 0 Å². The van der Waals surface area contributed by atoms with Crippen molar-refractivity contribution in [2.24, 2.45) is 0 Å². The maximum Gasteiger partial charge on any atom is 0.515 e. The third kappa shape index (κ3) is 2.11. The topological polar surface area (TPSA) is 90.2 Å². The van der Waals surface area contributed by atoms with Crippen LogP contribution >= 0.6 is 0 Å². The lowest BCUT2D eigenvalue weighted by Crippen LogP contribution is -2.10. The van der Waals surface area contributed by atoms with Gasteiger partial charge in [-0.05, 0) is 25.1 Å². The lowest BCUT2D eigenvalue weighted by Gasteiger charge is -2.02. The molecule has 20 heavy (non-hydrogen) atoms. The van der Waals surface area contributed by atoms with Gasteiger partial charge in [0.25, 0.3) is 0 Å². The van der Waals surface area contributed by atoms with E-state index in [1.165, 1.54) is 0 Å². The number of carbonyl (C=O) groups is 1. The maximum absolute atomic E-state index is 11.3. The molecule has 102 valence electrons. The fraction of sp³-hybridized carbons (Fsp3) is 0.143. The molecule has 0 aliphatic heterocycles. The van der Waals surface area contributed by atoms with Crippen LogP contribution in [0.3, 0.4) is 0 Å². The SMILES string of the molecule is CCOC(=O)Oc1cc2c(cn1)[nH]c1ccc(N)cc12. The fourth-order valence-corrected chi connectivity index (χ4v) is 2.09. The normalized spacial score (nSPS) is 10.8. The molecule has 0 atom stereocenters. The molecule has 6 heteroatoms. The van der Waals surface area contributed by atoms with Crippen LogP contribution in [0.5, 0.6) is 5.88 Å². The molecule has 0 aliphatic carbocycles. The first-order valence-corrected chi connectivity index (χ1v) is 6.19. The zero-order valence-electron chi connectivity index (χ0n) is 10.8. The van der Waals surface area contributed by atoms with Crippen molar-refractivity contribution in [2.75, 3.05) is 12.3 Å². The van der Waals surface area contributed by atoms with Gasteiger partial charge in [-0.1, -0.05) is 0 Å². The Kier molecular flexibility index (Phi) is 2.90. The number of rotatable bonds is 2. The number of nitrogens with one attached hydrogen (secondary N) is 1. The van der Waals surface area contributed by atoms with Crippen molar-refractivity contribution < 1.29 is 14.3 Å². The van der Waals surface area contributed by atoms with E-state index in [1.54, 1.807) is 19.2 Å². The van der Waals surface area contributed by atoms with Crippen LogP contribution in [-0.4, -0.2) is 22.7 Å². The number of anilines is 1. The summed E-state index contributed by atoms with van der Waals surface area (Å²) in [5.41, 5.74) is 8.26. The Hall–Kier alpha value is -2.76. The third-order valence-electron chi connectivity index (χ3n) is 2.93. The second-order valence-electron chi connectivity index (χ2n) is 4.28. The summed E-state index contributed by atoms with van der Waals surface area (Å²) in [6, 6.07) is 7.27. The van der Waals surface area contributed by atoms with Crippen molar-refractivity contribution >= 4 is 33.6 Å². The number of carbonyl (C=O) groups excluding carboxylic acids is 1. The van der Waals surface area contributed by atoms with E-state index < -0.39 is 6.16 Å². The average Bonchev–Trinajstić information content (AvgIpc) is 2.76. The highest BCUT2D eigenvalue weighted by Gasteiger charge is 2.10. The molecule has 3 rings (SSSR count). The predicted octanol–water partition coefficient (Wildman–Crippen LogP) is 2.83. The molecule has 0 aliphatic rings. The number of aromatic nitrogens is 2. The first kappa shape index (κ1) is 12.3. The quantitative estimate of drug-likeness (QED) is 0.552. The van der Waals surface area contributed by atoms with Gasteiger partial charge in [0, 0.05) is 28.0 Å². The molecule has 0 saturated heterocycles. The fourth-order valence-electron chi connectivity index (χ4n) is 2.09. The predicted molar refractivity (Wildman–Crippen MR) is 75.7 cm³/mol. The van der Waals surface area contributed by atoms with Crippen molar-refractivity contribution in [3.05, 3.63) is 30.5 Å². The van der Waals surface area contributed by atoms with Crippen molar-refractivity contribution in [1.29, 1.82) is 0 Å². The van der Waals surface area contributed by atoms with E-state index >= 15 is 0 Å². The van der Waals surface area contributed by atoms with Crippen molar-refractivity contribution in [1.82, 2.24) is 9.97 Å². The minimum atomic E-state index is -0.765. The lowest BCUT2D eigenvalue weighted by molar-refractivity contribution is 0.103. The molecule has 0 radical (unpaired) electrons. The Morgan fingerprint density at radius 1 is 1.30 bits per heavy atom. The molecule has 0 bridgehead atoms. The summed E-state index contributed by atoms with van der Waals surface area (Å²) < 4.78 is 9.71. The number of nitrogens with two attached hydrogens (primary N) is 1. The van der Waals surface area contributed by atoms with Crippen LogP contribution in [0, 0.1) is 0 Å². The van der Waals surface area contributed by atoms with Crippen molar-refractivity contribution in [3.8, 4) is 5.88 Å². The van der Waals surface area contributed by atoms with Gasteiger partial charge in [-0.25, -0.2) is 9.78 Å². The molecular weight excluding hydrogens is 258 g/mol. The molecule has 2 aromatic heterocycles. The van der Waals surface area contributed by atoms with Crippen molar-refractivity contribution in [3.63, 3.8) is 0 Å². The lowest BCUT2D eigenvalue weighted by atomic mass is 10.2. The van der Waals surface area contributed by atoms with Crippen LogP contribution in [0.15, 0.2) is 30.5 Å². The van der Waals surface area contributed by atoms with E-state index in [-0.39, 0.29) is 12.5 Å². The minimum Gasteiger partial charge on any atom is -0.434 e. The van der Waals surface area contributed by atoms with E-state index in [9.17, 15) is 4.79 Å². The van der Waals surface area contributed by atoms with Gasteiger partial charge in [0.05, 0.1) is 18.3 Å². The Balaban J connectivity index is 2.07. The molecule has 2 heterocycles. The average molecular weight is 271 g/mol. The largest absolute Gasteiger partial charge is 0.515 e. The molecule has 6 nitrogen and oxygen atoms in total. The molecular formula is C14H13N3O3. The summed E-state index contributed by atoms with van der Waals surface area (Å²) in [5, 5.41) is 1.85. The summed E-state index contributed by atoms with van der Waals surface area (Å²) in [4.78, 5) is 18.6. The summed E-state index contributed by atoms with van der Waals surface area (Å²) >= 11 is 0. The Labute approximate surface area is 114 Å². The molecule has 3 N–H and O–H groups in total. The number of aromatic amines is 1. The number of benzene rings is 1. The molecule has 3 aromatic rings. The molecule has 0 saturated carbocycles. The van der Waals surface area contributed by atoms with Gasteiger partial charge in [-0.15, -0.1) is 0 Å². The monoisotopic (exact) mass is 271 g/mol. The number of fused-ring (bicyclic) bond motifs is 3. The highest BCUT2D eigenvalue weighted by atomic mass is 16.7. The molecule has 1 aromatic carbocycles. The Morgan fingerprint density at radius 2 is 2.10 bits per heavy atom. The number of hydrogen-bond donors (Lipinski definition) is 2. The number of H-pyrrole nitrogens is 1. The van der Waals surface area contributed by atoms with E-state index in [4.69, 9.17) is 15.2 Å². The number of nitrogens with zero attached hydrogens (tertiary/aromatic N) is 1. The smallest absolute Gasteiger partial charge is 0.434 e. The van der Waals surface area contributed by atoms with Crippen molar-refractivity contribution in [2.45, 2.75) is 6.92 Å². The van der Waals surface area contributed by atoms with Crippen LogP contribution in [0.1, 0.15) is 6.92 Å². The minimum absolute atomic E-state index is 0.194. The number of ether oxygens (including phenoxy) is 2. The zero-order chi connectivity index (χ0) is 14.1. The van der Waals surface area contributed by atoms with E-state index in [0.29, 0.717) is 5.69 Å². The summed E-state index contributed by atoms with van der Waals surface area (Å²) in [5.74, 6) is 0.194. The van der Waals surface area contributed by atoms with E-state index in [0.717, 1.165) is 21.8 Å². The standard InChI is InChI=1S/C14H13N3O3/c1-2-19-14(18)20-13-6-10-9-5-8(15)3-4-11(9)17-12(10)7-16-13/h3-7,17H,2,15H2,1H3. The van der Waals surface area contributed by atoms with Crippen LogP contribution in [0.25, 0.3) is 21.8 Å². The van der Waals surface area contributed by atoms with E-state index in [2.05, 4.69) is 9.97 Å². The Bertz CT molecular complexity index is 795. The highest BCUT2D eigenvalue weighted by Crippen LogP contribution is 2.28. The second-order valence-corrected chi connectivity index (χ2v) is 4.28. The second kappa shape index (κ2) is 4.73. The Morgan fingerprint density at radius 3 is 2.90 bits per heavy atom. The van der Waals surface area contributed by atoms with Gasteiger partial charge < -0.3 is 20.2 Å². The van der Waals surface area contributed by atoms with Crippen LogP contribution in [0.4, 0.5) is 10.5 Å². The molecule has 0 amide bonds. The van der Waals surface area contributed by atoms with E-state index in [1.807, 2.05) is 18.2 Å². The highest BCUT2D eigenvalue weighted by molar-refractivity contribution is 6.08. The van der Waals surface area contributed by atoms with Gasteiger partial charge in [0.15, 0.2) is 0 Å². The van der Waals surface area contributed by atoms with Gasteiger partial charge in [0.2, 0.25) is 5.88 Å². The third-order valence-corrected chi connectivity index (χ3v) is 2.93. The number of pyridine rings is 1. The molecule has 0 spiro atoms. The number of hydrogen-bond acceptors (Lipinski definition) is 5. The van der Waals surface area contributed by atoms with Gasteiger partial charge in [-0.3, -0.25) is 0 Å². The summed E-state index contributed by atoms with van der Waals surface area (Å²) in [6.45, 7) is 1.96. The van der Waals surface area contributed by atoms with Crippen LogP contribution in [-0.2, 0) is 4.74 Å². The summed E-state index contributed by atoms with van der Waals surface area (Å²) in [6.07, 6.45) is 0.846. The van der Waals surface area contributed by atoms with Gasteiger partial charge >= 0.3 is 6.16 Å². The first-order chi connectivity index (χ1) is 9.67. The van der Waals surface area contributed by atoms with Gasteiger partial charge in [-0.2, -0.15) is 0 Å². The molecule has 0 fully saturated rings. The number of nitrogen functional groups attached to an aromatic ring is 1.